The number of aromatic nitrogens is 1. The second-order valence-electron chi connectivity index (χ2n) is 7.50. The van der Waals surface area contributed by atoms with Gasteiger partial charge in [-0.05, 0) is 63.0 Å². The first-order chi connectivity index (χ1) is 14.5. The molecule has 0 radical (unpaired) electrons. The molecule has 0 saturated carbocycles. The number of pyridine rings is 1. The lowest BCUT2D eigenvalue weighted by molar-refractivity contribution is -0.139. The standard InChI is InChI=1S/C22H23N3O5/c1-24(2)10-3-11-25-19(14-6-8-23-9-7-14)18(21(27)22(25)28)20(26)15-4-5-16-17(12-15)30-13-29-16/h4-9,12,19,26H,3,10-11,13H2,1-2H3/b20-18+. The molecular weight excluding hydrogens is 386 g/mol. The van der Waals surface area contributed by atoms with Crippen LogP contribution in [0.2, 0.25) is 0 Å². The Labute approximate surface area is 174 Å². The summed E-state index contributed by atoms with van der Waals surface area (Å²) < 4.78 is 10.7. The molecule has 1 saturated heterocycles. The second kappa shape index (κ2) is 8.16. The zero-order valence-electron chi connectivity index (χ0n) is 16.9. The zero-order chi connectivity index (χ0) is 21.3. The van der Waals surface area contributed by atoms with Gasteiger partial charge in [-0.3, -0.25) is 14.6 Å². The van der Waals surface area contributed by atoms with E-state index in [4.69, 9.17) is 9.47 Å². The van der Waals surface area contributed by atoms with Crippen molar-refractivity contribution < 1.29 is 24.2 Å². The van der Waals surface area contributed by atoms with Gasteiger partial charge in [-0.2, -0.15) is 0 Å². The minimum atomic E-state index is -0.697. The molecule has 8 heteroatoms. The fraction of sp³-hybridized carbons (Fsp3) is 0.318. The monoisotopic (exact) mass is 409 g/mol. The molecule has 0 bridgehead atoms. The summed E-state index contributed by atoms with van der Waals surface area (Å²) in [6.45, 7) is 1.27. The van der Waals surface area contributed by atoms with Crippen molar-refractivity contribution in [3.05, 3.63) is 59.4 Å². The number of carbonyl (C=O) groups is 2. The Kier molecular flexibility index (Phi) is 5.41. The largest absolute Gasteiger partial charge is 0.507 e. The molecule has 1 unspecified atom stereocenters. The third kappa shape index (κ3) is 3.61. The van der Waals surface area contributed by atoms with Crippen molar-refractivity contribution in [2.75, 3.05) is 34.0 Å². The number of Topliss-reactive ketones (excluding diaryl/α,β-unsaturated/α-hetero) is 1. The fourth-order valence-electron chi connectivity index (χ4n) is 3.76. The van der Waals surface area contributed by atoms with Crippen molar-refractivity contribution in [2.45, 2.75) is 12.5 Å². The highest BCUT2D eigenvalue weighted by Crippen LogP contribution is 2.41. The van der Waals surface area contributed by atoms with E-state index in [-0.39, 0.29) is 18.1 Å². The number of fused-ring (bicyclic) bond motifs is 1. The number of hydrogen-bond donors (Lipinski definition) is 1. The molecule has 2 aromatic rings. The van der Waals surface area contributed by atoms with Crippen molar-refractivity contribution in [2.24, 2.45) is 0 Å². The van der Waals surface area contributed by atoms with Gasteiger partial charge in [0.2, 0.25) is 6.79 Å². The van der Waals surface area contributed by atoms with Crippen LogP contribution in [0.1, 0.15) is 23.6 Å². The van der Waals surface area contributed by atoms with Crippen LogP contribution in [0, 0.1) is 0 Å². The number of rotatable bonds is 6. The predicted molar refractivity (Wildman–Crippen MR) is 109 cm³/mol. The van der Waals surface area contributed by atoms with Crippen LogP contribution in [-0.2, 0) is 9.59 Å². The maximum atomic E-state index is 13.0. The van der Waals surface area contributed by atoms with E-state index in [1.807, 2.05) is 19.0 Å². The van der Waals surface area contributed by atoms with Gasteiger partial charge in [0.1, 0.15) is 5.76 Å². The number of amides is 1. The summed E-state index contributed by atoms with van der Waals surface area (Å²) in [5.41, 5.74) is 1.18. The molecule has 30 heavy (non-hydrogen) atoms. The maximum Gasteiger partial charge on any atom is 0.295 e. The summed E-state index contributed by atoms with van der Waals surface area (Å²) in [5, 5.41) is 11.1. The quantitative estimate of drug-likeness (QED) is 0.444. The third-order valence-electron chi connectivity index (χ3n) is 5.21. The number of aliphatic hydroxyl groups excluding tert-OH is 1. The van der Waals surface area contributed by atoms with Crippen LogP contribution < -0.4 is 9.47 Å². The van der Waals surface area contributed by atoms with E-state index in [0.717, 1.165) is 12.1 Å². The van der Waals surface area contributed by atoms with Crippen LogP contribution in [0.4, 0.5) is 0 Å². The number of benzene rings is 1. The number of hydrogen-bond acceptors (Lipinski definition) is 7. The Balaban J connectivity index is 1.77. The Morgan fingerprint density at radius 1 is 1.17 bits per heavy atom. The topological polar surface area (TPSA) is 92.2 Å². The number of carbonyl (C=O) groups excluding carboxylic acids is 2. The van der Waals surface area contributed by atoms with E-state index in [1.54, 1.807) is 42.7 Å². The highest BCUT2D eigenvalue weighted by Gasteiger charge is 2.45. The number of aliphatic hydroxyl groups is 1. The number of ketones is 1. The van der Waals surface area contributed by atoms with Gasteiger partial charge < -0.3 is 24.4 Å². The molecule has 2 aliphatic heterocycles. The number of likely N-dealkylation sites (tertiary alicyclic amines) is 1. The zero-order valence-corrected chi connectivity index (χ0v) is 16.9. The minimum Gasteiger partial charge on any atom is -0.507 e. The van der Waals surface area contributed by atoms with Gasteiger partial charge in [0.05, 0.1) is 11.6 Å². The van der Waals surface area contributed by atoms with Crippen molar-refractivity contribution in [1.82, 2.24) is 14.8 Å². The molecule has 1 aromatic carbocycles. The Morgan fingerprint density at radius 2 is 1.90 bits per heavy atom. The van der Waals surface area contributed by atoms with Crippen LogP contribution >= 0.6 is 0 Å². The lowest BCUT2D eigenvalue weighted by Crippen LogP contribution is -2.32. The fourth-order valence-corrected chi connectivity index (χ4v) is 3.76. The van der Waals surface area contributed by atoms with Crippen LogP contribution in [0.25, 0.3) is 5.76 Å². The van der Waals surface area contributed by atoms with Gasteiger partial charge in [0.25, 0.3) is 11.7 Å². The molecule has 1 aromatic heterocycles. The summed E-state index contributed by atoms with van der Waals surface area (Å²) in [5.74, 6) is -0.487. The molecule has 3 heterocycles. The van der Waals surface area contributed by atoms with E-state index in [1.165, 1.54) is 4.90 Å². The Morgan fingerprint density at radius 3 is 2.63 bits per heavy atom. The van der Waals surface area contributed by atoms with E-state index >= 15 is 0 Å². The summed E-state index contributed by atoms with van der Waals surface area (Å²) in [7, 11) is 3.90. The molecule has 8 nitrogen and oxygen atoms in total. The van der Waals surface area contributed by atoms with E-state index in [0.29, 0.717) is 30.0 Å². The smallest absolute Gasteiger partial charge is 0.295 e. The van der Waals surface area contributed by atoms with Crippen LogP contribution in [0.3, 0.4) is 0 Å². The second-order valence-corrected chi connectivity index (χ2v) is 7.50. The van der Waals surface area contributed by atoms with Crippen LogP contribution in [0.15, 0.2) is 48.3 Å². The van der Waals surface area contributed by atoms with Gasteiger partial charge >= 0.3 is 0 Å². The average molecular weight is 409 g/mol. The molecule has 0 aliphatic carbocycles. The van der Waals surface area contributed by atoms with Gasteiger partial charge in [0.15, 0.2) is 11.5 Å². The summed E-state index contributed by atoms with van der Waals surface area (Å²) in [4.78, 5) is 33.4. The van der Waals surface area contributed by atoms with E-state index in [2.05, 4.69) is 4.98 Å². The first kappa shape index (κ1) is 19.9. The lowest BCUT2D eigenvalue weighted by atomic mass is 9.96. The molecule has 0 spiro atoms. The lowest BCUT2D eigenvalue weighted by Gasteiger charge is -2.25. The minimum absolute atomic E-state index is 0.0647. The van der Waals surface area contributed by atoms with Crippen molar-refractivity contribution in [3.63, 3.8) is 0 Å². The van der Waals surface area contributed by atoms with Crippen LogP contribution in [0.5, 0.6) is 11.5 Å². The first-order valence-electron chi connectivity index (χ1n) is 9.70. The van der Waals surface area contributed by atoms with E-state index < -0.39 is 17.7 Å². The predicted octanol–water partition coefficient (Wildman–Crippen LogP) is 2.18. The maximum absolute atomic E-state index is 13.0. The summed E-state index contributed by atoms with van der Waals surface area (Å²) >= 11 is 0. The summed E-state index contributed by atoms with van der Waals surface area (Å²) in [6, 6.07) is 7.75. The van der Waals surface area contributed by atoms with Gasteiger partial charge in [-0.1, -0.05) is 0 Å². The summed E-state index contributed by atoms with van der Waals surface area (Å²) in [6.07, 6.45) is 3.91. The molecule has 1 N–H and O–H groups in total. The first-order valence-corrected chi connectivity index (χ1v) is 9.70. The SMILES string of the molecule is CN(C)CCCN1C(=O)C(=O)/C(=C(/O)c2ccc3c(c2)OCO3)C1c1ccncc1. The number of ether oxygens (including phenoxy) is 2. The van der Waals surface area contributed by atoms with Crippen LogP contribution in [-0.4, -0.2) is 65.6 Å². The van der Waals surface area contributed by atoms with Crippen molar-refractivity contribution >= 4 is 17.4 Å². The average Bonchev–Trinajstić information content (AvgIpc) is 3.31. The van der Waals surface area contributed by atoms with Gasteiger partial charge in [-0.15, -0.1) is 0 Å². The molecule has 4 rings (SSSR count). The van der Waals surface area contributed by atoms with Gasteiger partial charge in [-0.25, -0.2) is 0 Å². The highest BCUT2D eigenvalue weighted by molar-refractivity contribution is 6.46. The number of nitrogens with zero attached hydrogens (tertiary/aromatic N) is 3. The molecule has 1 atom stereocenters. The Bertz CT molecular complexity index is 1000. The van der Waals surface area contributed by atoms with Crippen molar-refractivity contribution in [3.8, 4) is 11.5 Å². The molecule has 2 aliphatic rings. The van der Waals surface area contributed by atoms with Crippen molar-refractivity contribution in [1.29, 1.82) is 0 Å². The normalized spacial score (nSPS) is 19.7. The molecular formula is C22H23N3O5. The highest BCUT2D eigenvalue weighted by atomic mass is 16.7. The third-order valence-corrected chi connectivity index (χ3v) is 5.21. The van der Waals surface area contributed by atoms with E-state index in [9.17, 15) is 14.7 Å². The Hall–Kier alpha value is -3.39. The molecule has 1 fully saturated rings. The molecule has 1 amide bonds. The molecule has 156 valence electrons. The van der Waals surface area contributed by atoms with Gasteiger partial charge in [0, 0.05) is 24.5 Å².